The molecule has 0 spiro atoms. The third-order valence-corrected chi connectivity index (χ3v) is 6.77. The van der Waals surface area contributed by atoms with E-state index in [1.54, 1.807) is 11.3 Å². The Kier molecular flexibility index (Phi) is 5.13. The van der Waals surface area contributed by atoms with Crippen molar-refractivity contribution in [2.24, 2.45) is 5.92 Å². The Bertz CT molecular complexity index is 1190. The Labute approximate surface area is 185 Å². The third-order valence-electron chi connectivity index (χ3n) is 5.67. The van der Waals surface area contributed by atoms with Gasteiger partial charge < -0.3 is 4.90 Å². The minimum absolute atomic E-state index is 0.453. The topological polar surface area (TPSA) is 49.6 Å². The Morgan fingerprint density at radius 2 is 2.07 bits per heavy atom. The molecule has 0 aliphatic carbocycles. The van der Waals surface area contributed by atoms with Crippen molar-refractivity contribution in [2.75, 3.05) is 31.1 Å². The molecular formula is C22H25ClN6S. The van der Waals surface area contributed by atoms with E-state index in [0.717, 1.165) is 59.4 Å². The third kappa shape index (κ3) is 3.45. The number of rotatable bonds is 4. The molecule has 3 aromatic heterocycles. The number of piperazine rings is 1. The van der Waals surface area contributed by atoms with Gasteiger partial charge in [-0.3, -0.25) is 4.90 Å². The number of nitrogens with zero attached hydrogens (tertiary/aromatic N) is 6. The van der Waals surface area contributed by atoms with E-state index in [9.17, 15) is 0 Å². The summed E-state index contributed by atoms with van der Waals surface area (Å²) in [6.45, 7) is 10.8. The fourth-order valence-electron chi connectivity index (χ4n) is 4.29. The zero-order valence-electron chi connectivity index (χ0n) is 17.4. The van der Waals surface area contributed by atoms with Crippen LogP contribution in [0, 0.1) is 5.92 Å². The first-order chi connectivity index (χ1) is 14.5. The molecule has 1 aliphatic rings. The number of fused-ring (bicyclic) bond motifs is 3. The van der Waals surface area contributed by atoms with Crippen LogP contribution in [0.2, 0.25) is 5.02 Å². The molecule has 0 bridgehead atoms. The fraction of sp³-hybridized carbons (Fsp3) is 0.409. The maximum atomic E-state index is 6.28. The fourth-order valence-corrected chi connectivity index (χ4v) is 5.15. The summed E-state index contributed by atoms with van der Waals surface area (Å²) in [5.74, 6) is 2.40. The molecule has 1 fully saturated rings. The van der Waals surface area contributed by atoms with E-state index in [1.807, 2.05) is 24.3 Å². The van der Waals surface area contributed by atoms with Crippen LogP contribution in [0.3, 0.4) is 0 Å². The highest BCUT2D eigenvalue weighted by Gasteiger charge is 2.28. The lowest BCUT2D eigenvalue weighted by Gasteiger charge is -2.41. The van der Waals surface area contributed by atoms with Gasteiger partial charge in [-0.05, 0) is 42.5 Å². The first kappa shape index (κ1) is 19.7. The highest BCUT2D eigenvalue weighted by atomic mass is 35.5. The number of thiophene rings is 1. The SMILES string of the molecule is CC(C)CN1CCN(c2nc3cc(Cl)ccc3c3nnc(-c4cccs4)n23)CC1C. The van der Waals surface area contributed by atoms with Crippen LogP contribution >= 0.6 is 22.9 Å². The van der Waals surface area contributed by atoms with Gasteiger partial charge in [0.05, 0.1) is 10.4 Å². The first-order valence-electron chi connectivity index (χ1n) is 10.4. The minimum Gasteiger partial charge on any atom is -0.339 e. The lowest BCUT2D eigenvalue weighted by atomic mass is 10.1. The molecule has 1 unspecified atom stereocenters. The van der Waals surface area contributed by atoms with Crippen molar-refractivity contribution in [1.29, 1.82) is 0 Å². The van der Waals surface area contributed by atoms with Crippen molar-refractivity contribution in [1.82, 2.24) is 24.5 Å². The highest BCUT2D eigenvalue weighted by Crippen LogP contribution is 2.32. The number of anilines is 1. The highest BCUT2D eigenvalue weighted by molar-refractivity contribution is 7.13. The van der Waals surface area contributed by atoms with E-state index in [-0.39, 0.29) is 0 Å². The Balaban J connectivity index is 1.65. The van der Waals surface area contributed by atoms with Crippen molar-refractivity contribution in [3.05, 3.63) is 40.7 Å². The minimum atomic E-state index is 0.453. The zero-order valence-corrected chi connectivity index (χ0v) is 19.0. The molecule has 8 heteroatoms. The second-order valence-electron chi connectivity index (χ2n) is 8.42. The molecular weight excluding hydrogens is 416 g/mol. The summed E-state index contributed by atoms with van der Waals surface area (Å²) in [5, 5.41) is 12.8. The Hall–Kier alpha value is -2.22. The van der Waals surface area contributed by atoms with Crippen LogP contribution in [0.5, 0.6) is 0 Å². The molecule has 6 nitrogen and oxygen atoms in total. The van der Waals surface area contributed by atoms with Crippen molar-refractivity contribution < 1.29 is 0 Å². The van der Waals surface area contributed by atoms with Gasteiger partial charge >= 0.3 is 0 Å². The van der Waals surface area contributed by atoms with Crippen LogP contribution < -0.4 is 4.90 Å². The molecule has 1 saturated heterocycles. The Morgan fingerprint density at radius 1 is 1.20 bits per heavy atom. The summed E-state index contributed by atoms with van der Waals surface area (Å²) in [4.78, 5) is 11.1. The van der Waals surface area contributed by atoms with E-state index < -0.39 is 0 Å². The quantitative estimate of drug-likeness (QED) is 0.455. The lowest BCUT2D eigenvalue weighted by molar-refractivity contribution is 0.168. The van der Waals surface area contributed by atoms with E-state index >= 15 is 0 Å². The van der Waals surface area contributed by atoms with Crippen molar-refractivity contribution in [3.63, 3.8) is 0 Å². The van der Waals surface area contributed by atoms with Gasteiger partial charge in [-0.2, -0.15) is 0 Å². The predicted octanol–water partition coefficient (Wildman–Crippen LogP) is 4.83. The molecule has 0 amide bonds. The van der Waals surface area contributed by atoms with Crippen LogP contribution in [0.25, 0.3) is 27.3 Å². The van der Waals surface area contributed by atoms with Crippen molar-refractivity contribution in [3.8, 4) is 10.7 Å². The summed E-state index contributed by atoms with van der Waals surface area (Å²) >= 11 is 7.95. The van der Waals surface area contributed by atoms with Crippen molar-refractivity contribution >= 4 is 45.4 Å². The molecule has 1 aromatic carbocycles. The van der Waals surface area contributed by atoms with Crippen molar-refractivity contribution in [2.45, 2.75) is 26.8 Å². The van der Waals surface area contributed by atoms with Crippen LogP contribution in [0.4, 0.5) is 5.95 Å². The van der Waals surface area contributed by atoms with Gasteiger partial charge in [0, 0.05) is 42.6 Å². The number of hydrogen-bond donors (Lipinski definition) is 0. The van der Waals surface area contributed by atoms with Crippen LogP contribution in [-0.4, -0.2) is 56.7 Å². The van der Waals surface area contributed by atoms with E-state index in [0.29, 0.717) is 17.0 Å². The van der Waals surface area contributed by atoms with Gasteiger partial charge in [0.2, 0.25) is 5.95 Å². The summed E-state index contributed by atoms with van der Waals surface area (Å²) in [5.41, 5.74) is 1.68. The molecule has 156 valence electrons. The molecule has 1 atom stereocenters. The molecule has 30 heavy (non-hydrogen) atoms. The summed E-state index contributed by atoms with van der Waals surface area (Å²) < 4.78 is 2.12. The number of hydrogen-bond acceptors (Lipinski definition) is 6. The second kappa shape index (κ2) is 7.80. The van der Waals surface area contributed by atoms with Crippen LogP contribution in [0.15, 0.2) is 35.7 Å². The summed E-state index contributed by atoms with van der Waals surface area (Å²) in [6.07, 6.45) is 0. The second-order valence-corrected chi connectivity index (χ2v) is 9.80. The largest absolute Gasteiger partial charge is 0.339 e. The molecule has 4 heterocycles. The molecule has 4 aromatic rings. The molecule has 0 N–H and O–H groups in total. The normalized spacial score (nSPS) is 18.2. The standard InChI is InChI=1S/C22H25ClN6S/c1-14(2)12-27-8-9-28(13-15(27)3)22-24-18-11-16(23)6-7-17(18)20-25-26-21(29(20)22)19-5-4-10-30-19/h4-7,10-11,14-15H,8-9,12-13H2,1-3H3. The lowest BCUT2D eigenvalue weighted by Crippen LogP contribution is -2.53. The monoisotopic (exact) mass is 440 g/mol. The van der Waals surface area contributed by atoms with Gasteiger partial charge in [-0.15, -0.1) is 21.5 Å². The summed E-state index contributed by atoms with van der Waals surface area (Å²) in [6, 6.07) is 10.4. The Morgan fingerprint density at radius 3 is 2.80 bits per heavy atom. The molecule has 0 saturated carbocycles. The van der Waals surface area contributed by atoms with Crippen LogP contribution in [0.1, 0.15) is 20.8 Å². The van der Waals surface area contributed by atoms with E-state index in [1.165, 1.54) is 0 Å². The van der Waals surface area contributed by atoms with E-state index in [2.05, 4.69) is 56.6 Å². The predicted molar refractivity (Wildman–Crippen MR) is 125 cm³/mol. The van der Waals surface area contributed by atoms with Crippen LogP contribution in [-0.2, 0) is 0 Å². The smallest absolute Gasteiger partial charge is 0.213 e. The number of halogens is 1. The summed E-state index contributed by atoms with van der Waals surface area (Å²) in [7, 11) is 0. The molecule has 0 radical (unpaired) electrons. The van der Waals surface area contributed by atoms with Gasteiger partial charge in [-0.1, -0.05) is 31.5 Å². The van der Waals surface area contributed by atoms with Gasteiger partial charge in [0.1, 0.15) is 0 Å². The van der Waals surface area contributed by atoms with Gasteiger partial charge in [0.25, 0.3) is 0 Å². The average Bonchev–Trinajstić information content (AvgIpc) is 3.38. The maximum absolute atomic E-state index is 6.28. The number of benzene rings is 1. The van der Waals surface area contributed by atoms with Gasteiger partial charge in [0.15, 0.2) is 11.5 Å². The van der Waals surface area contributed by atoms with Gasteiger partial charge in [-0.25, -0.2) is 9.38 Å². The first-order valence-corrected chi connectivity index (χ1v) is 11.6. The number of aromatic nitrogens is 4. The maximum Gasteiger partial charge on any atom is 0.213 e. The zero-order chi connectivity index (χ0) is 20.8. The van der Waals surface area contributed by atoms with E-state index in [4.69, 9.17) is 16.6 Å². The molecule has 5 rings (SSSR count). The average molecular weight is 441 g/mol. The molecule has 1 aliphatic heterocycles.